The van der Waals surface area contributed by atoms with E-state index in [-0.39, 0.29) is 0 Å². The van der Waals surface area contributed by atoms with Crippen LogP contribution in [0.1, 0.15) is 23.2 Å². The van der Waals surface area contributed by atoms with Crippen LogP contribution in [0, 0.1) is 0 Å². The summed E-state index contributed by atoms with van der Waals surface area (Å²) in [7, 11) is 0. The van der Waals surface area contributed by atoms with Gasteiger partial charge in [-0.3, -0.25) is 9.97 Å². The largest absolute Gasteiger partial charge is 0.416 e. The molecule has 0 aliphatic carbocycles. The van der Waals surface area contributed by atoms with E-state index < -0.39 is 11.7 Å². The van der Waals surface area contributed by atoms with E-state index in [1.54, 1.807) is 12.4 Å². The standard InChI is InChI=1S/C14H13F3N2/c15-14(16,17)12-6-8-19-13(9-12)5-1-3-11-4-2-7-18-10-11/h2,4,6-10H,1,3,5H2. The zero-order valence-electron chi connectivity index (χ0n) is 10.2. The summed E-state index contributed by atoms with van der Waals surface area (Å²) in [6.07, 6.45) is 2.42. The predicted octanol–water partition coefficient (Wildman–Crippen LogP) is 3.67. The molecular weight excluding hydrogens is 253 g/mol. The second-order valence-electron chi connectivity index (χ2n) is 4.25. The molecule has 0 bridgehead atoms. The summed E-state index contributed by atoms with van der Waals surface area (Å²) in [5.74, 6) is 0. The maximum absolute atomic E-state index is 12.5. The molecule has 2 rings (SSSR count). The van der Waals surface area contributed by atoms with Crippen LogP contribution in [-0.2, 0) is 19.0 Å². The average molecular weight is 266 g/mol. The smallest absolute Gasteiger partial charge is 0.264 e. The quantitative estimate of drug-likeness (QED) is 0.843. The van der Waals surface area contributed by atoms with Gasteiger partial charge in [-0.1, -0.05) is 6.07 Å². The Labute approximate surface area is 109 Å². The van der Waals surface area contributed by atoms with Crippen LogP contribution in [0.5, 0.6) is 0 Å². The lowest BCUT2D eigenvalue weighted by molar-refractivity contribution is -0.137. The summed E-state index contributed by atoms with van der Waals surface area (Å²) >= 11 is 0. The molecule has 100 valence electrons. The first-order chi connectivity index (χ1) is 9.05. The fourth-order valence-corrected chi connectivity index (χ4v) is 1.81. The molecule has 0 N–H and O–H groups in total. The Balaban J connectivity index is 1.93. The first-order valence-electron chi connectivity index (χ1n) is 5.97. The highest BCUT2D eigenvalue weighted by Gasteiger charge is 2.30. The van der Waals surface area contributed by atoms with E-state index in [0.717, 1.165) is 30.5 Å². The Morgan fingerprint density at radius 1 is 1.05 bits per heavy atom. The summed E-state index contributed by atoms with van der Waals surface area (Å²) in [4.78, 5) is 7.96. The number of hydrogen-bond donors (Lipinski definition) is 0. The number of rotatable bonds is 4. The highest BCUT2D eigenvalue weighted by atomic mass is 19.4. The highest BCUT2D eigenvalue weighted by Crippen LogP contribution is 2.29. The third-order valence-electron chi connectivity index (χ3n) is 2.77. The van der Waals surface area contributed by atoms with Crippen molar-refractivity contribution in [3.05, 3.63) is 59.7 Å². The number of alkyl halides is 3. The number of pyridine rings is 2. The molecule has 0 saturated carbocycles. The molecule has 0 aromatic carbocycles. The van der Waals surface area contributed by atoms with Crippen LogP contribution in [-0.4, -0.2) is 9.97 Å². The first-order valence-corrected chi connectivity index (χ1v) is 5.97. The maximum atomic E-state index is 12.5. The number of hydrogen-bond acceptors (Lipinski definition) is 2. The molecule has 2 nitrogen and oxygen atoms in total. The minimum Gasteiger partial charge on any atom is -0.264 e. The van der Waals surface area contributed by atoms with Gasteiger partial charge in [-0.05, 0) is 43.0 Å². The molecule has 19 heavy (non-hydrogen) atoms. The van der Waals surface area contributed by atoms with Crippen molar-refractivity contribution >= 4 is 0 Å². The van der Waals surface area contributed by atoms with Crippen molar-refractivity contribution in [1.29, 1.82) is 0 Å². The van der Waals surface area contributed by atoms with E-state index in [1.165, 1.54) is 6.20 Å². The van der Waals surface area contributed by atoms with Gasteiger partial charge in [0.1, 0.15) is 0 Å². The van der Waals surface area contributed by atoms with Crippen LogP contribution in [0.2, 0.25) is 0 Å². The van der Waals surface area contributed by atoms with Crippen molar-refractivity contribution in [2.75, 3.05) is 0 Å². The molecule has 0 aliphatic rings. The number of nitrogens with zero attached hydrogens (tertiary/aromatic N) is 2. The van der Waals surface area contributed by atoms with E-state index in [4.69, 9.17) is 0 Å². The van der Waals surface area contributed by atoms with Gasteiger partial charge in [-0.25, -0.2) is 0 Å². The van der Waals surface area contributed by atoms with Crippen LogP contribution >= 0.6 is 0 Å². The second-order valence-corrected chi connectivity index (χ2v) is 4.25. The molecule has 2 aromatic heterocycles. The lowest BCUT2D eigenvalue weighted by atomic mass is 10.1. The lowest BCUT2D eigenvalue weighted by Gasteiger charge is -2.08. The zero-order valence-corrected chi connectivity index (χ0v) is 10.2. The van der Waals surface area contributed by atoms with Crippen molar-refractivity contribution in [3.8, 4) is 0 Å². The van der Waals surface area contributed by atoms with Crippen LogP contribution in [0.3, 0.4) is 0 Å². The molecule has 0 radical (unpaired) electrons. The number of halogens is 3. The van der Waals surface area contributed by atoms with Crippen molar-refractivity contribution in [2.24, 2.45) is 0 Å². The number of aromatic nitrogens is 2. The molecule has 0 spiro atoms. The minimum atomic E-state index is -4.30. The Hall–Kier alpha value is -1.91. The molecule has 0 saturated heterocycles. The van der Waals surface area contributed by atoms with E-state index >= 15 is 0 Å². The molecule has 2 heterocycles. The fourth-order valence-electron chi connectivity index (χ4n) is 1.81. The summed E-state index contributed by atoms with van der Waals surface area (Å²) < 4.78 is 37.6. The molecule has 5 heteroatoms. The summed E-state index contributed by atoms with van der Waals surface area (Å²) in [6.45, 7) is 0. The van der Waals surface area contributed by atoms with Crippen LogP contribution < -0.4 is 0 Å². The molecule has 0 amide bonds. The van der Waals surface area contributed by atoms with Crippen LogP contribution in [0.25, 0.3) is 0 Å². The van der Waals surface area contributed by atoms with Gasteiger partial charge in [0.15, 0.2) is 0 Å². The summed E-state index contributed by atoms with van der Waals surface area (Å²) in [5.41, 5.74) is 0.909. The maximum Gasteiger partial charge on any atom is 0.416 e. The van der Waals surface area contributed by atoms with Gasteiger partial charge in [0, 0.05) is 24.3 Å². The Morgan fingerprint density at radius 3 is 2.58 bits per heavy atom. The number of aryl methyl sites for hydroxylation is 2. The third-order valence-corrected chi connectivity index (χ3v) is 2.77. The third kappa shape index (κ3) is 4.05. The zero-order chi connectivity index (χ0) is 13.7. The van der Waals surface area contributed by atoms with Gasteiger partial charge in [0.05, 0.1) is 5.56 Å². The first kappa shape index (κ1) is 13.5. The monoisotopic (exact) mass is 266 g/mol. The van der Waals surface area contributed by atoms with Crippen molar-refractivity contribution in [1.82, 2.24) is 9.97 Å². The van der Waals surface area contributed by atoms with Gasteiger partial charge in [-0.2, -0.15) is 13.2 Å². The molecule has 0 unspecified atom stereocenters. The van der Waals surface area contributed by atoms with E-state index in [0.29, 0.717) is 12.1 Å². The fraction of sp³-hybridized carbons (Fsp3) is 0.286. The average Bonchev–Trinajstić information content (AvgIpc) is 2.39. The normalized spacial score (nSPS) is 11.5. The highest BCUT2D eigenvalue weighted by molar-refractivity contribution is 5.19. The van der Waals surface area contributed by atoms with Crippen molar-refractivity contribution < 1.29 is 13.2 Å². The van der Waals surface area contributed by atoms with Crippen molar-refractivity contribution in [2.45, 2.75) is 25.4 Å². The Kier molecular flexibility index (Phi) is 4.14. The van der Waals surface area contributed by atoms with E-state index in [1.807, 2.05) is 12.1 Å². The molecule has 0 aliphatic heterocycles. The molecule has 0 fully saturated rings. The van der Waals surface area contributed by atoms with Crippen molar-refractivity contribution in [3.63, 3.8) is 0 Å². The Bertz CT molecular complexity index is 524. The summed E-state index contributed by atoms with van der Waals surface area (Å²) in [6, 6.07) is 5.90. The molecule has 0 atom stereocenters. The van der Waals surface area contributed by atoms with Crippen LogP contribution in [0.15, 0.2) is 42.9 Å². The van der Waals surface area contributed by atoms with Crippen LogP contribution in [0.4, 0.5) is 13.2 Å². The van der Waals surface area contributed by atoms with Gasteiger partial charge in [0.2, 0.25) is 0 Å². The van der Waals surface area contributed by atoms with Gasteiger partial charge in [0.25, 0.3) is 0 Å². The van der Waals surface area contributed by atoms with E-state index in [9.17, 15) is 13.2 Å². The van der Waals surface area contributed by atoms with Gasteiger partial charge >= 0.3 is 6.18 Å². The predicted molar refractivity (Wildman–Crippen MR) is 65.5 cm³/mol. The second kappa shape index (κ2) is 5.82. The molecular formula is C14H13F3N2. The minimum absolute atomic E-state index is 0.471. The Morgan fingerprint density at radius 2 is 1.89 bits per heavy atom. The SMILES string of the molecule is FC(F)(F)c1ccnc(CCCc2cccnc2)c1. The summed E-state index contributed by atoms with van der Waals surface area (Å²) in [5, 5.41) is 0. The van der Waals surface area contributed by atoms with Gasteiger partial charge < -0.3 is 0 Å². The molecule has 2 aromatic rings. The van der Waals surface area contributed by atoms with Gasteiger partial charge in [-0.15, -0.1) is 0 Å². The topological polar surface area (TPSA) is 25.8 Å². The lowest BCUT2D eigenvalue weighted by Crippen LogP contribution is -2.06. The van der Waals surface area contributed by atoms with E-state index in [2.05, 4.69) is 9.97 Å².